The van der Waals surface area contributed by atoms with Gasteiger partial charge in [0.2, 0.25) is 0 Å². The monoisotopic (exact) mass is 365 g/mol. The predicted molar refractivity (Wildman–Crippen MR) is 106 cm³/mol. The van der Waals surface area contributed by atoms with Gasteiger partial charge in [0, 0.05) is 17.4 Å². The number of rotatable bonds is 5. The van der Waals surface area contributed by atoms with Crippen LogP contribution in [-0.4, -0.2) is 24.0 Å². The van der Waals surface area contributed by atoms with Gasteiger partial charge in [-0.2, -0.15) is 0 Å². The van der Waals surface area contributed by atoms with Crippen molar-refractivity contribution in [1.82, 2.24) is 10.3 Å². The van der Waals surface area contributed by atoms with Crippen LogP contribution in [0.15, 0.2) is 48.5 Å². The summed E-state index contributed by atoms with van der Waals surface area (Å²) >= 11 is 0. The van der Waals surface area contributed by atoms with Crippen molar-refractivity contribution in [3.05, 3.63) is 60.0 Å². The number of nitrogens with one attached hydrogen (secondary N) is 2. The third kappa shape index (κ3) is 3.88. The minimum atomic E-state index is -0.251. The maximum atomic E-state index is 13.1. The summed E-state index contributed by atoms with van der Waals surface area (Å²) < 4.78 is 13.1. The molecule has 0 aliphatic heterocycles. The van der Waals surface area contributed by atoms with Gasteiger partial charge in [-0.15, -0.1) is 0 Å². The fourth-order valence-electron chi connectivity index (χ4n) is 3.98. The molecule has 1 amide bonds. The molecular weight excluding hydrogens is 341 g/mol. The van der Waals surface area contributed by atoms with E-state index in [1.807, 2.05) is 24.3 Å². The van der Waals surface area contributed by atoms with E-state index >= 15 is 0 Å². The minimum absolute atomic E-state index is 0.0780. The van der Waals surface area contributed by atoms with E-state index in [1.54, 1.807) is 12.1 Å². The van der Waals surface area contributed by atoms with Crippen molar-refractivity contribution >= 4 is 16.8 Å². The van der Waals surface area contributed by atoms with Gasteiger partial charge in [0.15, 0.2) is 0 Å². The maximum Gasteiger partial charge on any atom is 0.267 e. The van der Waals surface area contributed by atoms with Crippen LogP contribution in [0.5, 0.6) is 0 Å². The summed E-state index contributed by atoms with van der Waals surface area (Å²) in [5.41, 5.74) is 9.12. The van der Waals surface area contributed by atoms with Gasteiger partial charge in [-0.3, -0.25) is 4.79 Å². The van der Waals surface area contributed by atoms with Gasteiger partial charge >= 0.3 is 0 Å². The largest absolute Gasteiger partial charge is 0.351 e. The van der Waals surface area contributed by atoms with Crippen molar-refractivity contribution in [3.63, 3.8) is 0 Å². The van der Waals surface area contributed by atoms with Crippen LogP contribution in [0.4, 0.5) is 4.39 Å². The van der Waals surface area contributed by atoms with Crippen molar-refractivity contribution in [1.29, 1.82) is 0 Å². The summed E-state index contributed by atoms with van der Waals surface area (Å²) in [6, 6.07) is 14.2. The van der Waals surface area contributed by atoms with Gasteiger partial charge < -0.3 is 16.0 Å². The van der Waals surface area contributed by atoms with Gasteiger partial charge in [0.25, 0.3) is 5.91 Å². The molecule has 1 aliphatic carbocycles. The highest BCUT2D eigenvalue weighted by molar-refractivity contribution is 5.98. The normalized spacial score (nSPS) is 19.5. The topological polar surface area (TPSA) is 70.9 Å². The van der Waals surface area contributed by atoms with Gasteiger partial charge in [-0.25, -0.2) is 4.39 Å². The number of aromatic amines is 1. The van der Waals surface area contributed by atoms with Gasteiger partial charge in [-0.05, 0) is 73.0 Å². The number of fused-ring (bicyclic) bond motifs is 1. The predicted octanol–water partition coefficient (Wildman–Crippen LogP) is 4.08. The molecule has 2 aromatic carbocycles. The Kier molecular flexibility index (Phi) is 4.94. The van der Waals surface area contributed by atoms with E-state index in [2.05, 4.69) is 10.3 Å². The van der Waals surface area contributed by atoms with Crippen molar-refractivity contribution < 1.29 is 9.18 Å². The molecule has 0 unspecified atom stereocenters. The molecule has 0 bridgehead atoms. The van der Waals surface area contributed by atoms with Crippen LogP contribution in [0.25, 0.3) is 22.0 Å². The van der Waals surface area contributed by atoms with Crippen molar-refractivity contribution in [2.24, 2.45) is 17.6 Å². The molecule has 0 spiro atoms. The first-order chi connectivity index (χ1) is 13.1. The molecule has 3 aromatic rings. The second-order valence-corrected chi connectivity index (χ2v) is 7.48. The smallest absolute Gasteiger partial charge is 0.267 e. The molecule has 1 aromatic heterocycles. The number of aromatic nitrogens is 1. The Balaban J connectivity index is 1.46. The number of carbonyl (C=O) groups excluding carboxylic acids is 1. The lowest BCUT2D eigenvalue weighted by Gasteiger charge is -2.11. The Labute approximate surface area is 158 Å². The summed E-state index contributed by atoms with van der Waals surface area (Å²) in [7, 11) is 0. The average Bonchev–Trinajstić information content (AvgIpc) is 3.32. The number of halogens is 1. The highest BCUT2D eigenvalue weighted by atomic mass is 19.1. The van der Waals surface area contributed by atoms with Crippen LogP contribution in [0.2, 0.25) is 0 Å². The van der Waals surface area contributed by atoms with E-state index in [1.165, 1.54) is 12.1 Å². The number of carbonyl (C=O) groups is 1. The zero-order chi connectivity index (χ0) is 18.8. The molecule has 0 saturated heterocycles. The lowest BCUT2D eigenvalue weighted by Crippen LogP contribution is -2.28. The molecule has 140 valence electrons. The highest BCUT2D eigenvalue weighted by Crippen LogP contribution is 2.29. The number of hydrogen-bond donors (Lipinski definition) is 3. The van der Waals surface area contributed by atoms with Crippen LogP contribution in [0.1, 0.15) is 29.8 Å². The molecule has 4 rings (SSSR count). The van der Waals surface area contributed by atoms with Crippen LogP contribution in [0, 0.1) is 17.7 Å². The molecule has 5 heteroatoms. The third-order valence-electron chi connectivity index (χ3n) is 5.58. The van der Waals surface area contributed by atoms with E-state index in [0.29, 0.717) is 24.1 Å². The standard InChI is InChI=1S/C22H24FN3O/c23-19-7-5-16(6-8-19)17-3-4-18-11-21(26-20(18)10-17)22(27)25-13-15-2-1-14(9-15)12-24/h3-8,10-11,14-15,26H,1-2,9,12-13,24H2,(H,25,27)/t14-,15+/m0/s1. The van der Waals surface area contributed by atoms with Gasteiger partial charge in [-0.1, -0.05) is 24.3 Å². The van der Waals surface area contributed by atoms with Crippen molar-refractivity contribution in [3.8, 4) is 11.1 Å². The fourth-order valence-corrected chi connectivity index (χ4v) is 3.98. The fraction of sp³-hybridized carbons (Fsp3) is 0.318. The molecule has 1 heterocycles. The molecule has 4 N–H and O–H groups in total. The Morgan fingerprint density at radius 2 is 1.81 bits per heavy atom. The van der Waals surface area contributed by atoms with Crippen LogP contribution in [0.3, 0.4) is 0 Å². The Morgan fingerprint density at radius 1 is 1.07 bits per heavy atom. The van der Waals surface area contributed by atoms with E-state index in [9.17, 15) is 9.18 Å². The van der Waals surface area contributed by atoms with Crippen LogP contribution < -0.4 is 11.1 Å². The quantitative estimate of drug-likeness (QED) is 0.638. The molecule has 1 fully saturated rings. The Morgan fingerprint density at radius 3 is 2.56 bits per heavy atom. The Hall–Kier alpha value is -2.66. The number of benzene rings is 2. The molecule has 4 nitrogen and oxygen atoms in total. The molecule has 1 saturated carbocycles. The highest BCUT2D eigenvalue weighted by Gasteiger charge is 2.24. The summed E-state index contributed by atoms with van der Waals surface area (Å²) in [5, 5.41) is 4.03. The summed E-state index contributed by atoms with van der Waals surface area (Å²) in [6.07, 6.45) is 3.40. The second-order valence-electron chi connectivity index (χ2n) is 7.48. The molecule has 1 aliphatic rings. The van der Waals surface area contributed by atoms with E-state index < -0.39 is 0 Å². The second kappa shape index (κ2) is 7.53. The average molecular weight is 365 g/mol. The zero-order valence-corrected chi connectivity index (χ0v) is 15.2. The number of nitrogens with two attached hydrogens (primary N) is 1. The molecular formula is C22H24FN3O. The van der Waals surface area contributed by atoms with Crippen LogP contribution >= 0.6 is 0 Å². The van der Waals surface area contributed by atoms with E-state index in [-0.39, 0.29) is 11.7 Å². The SMILES string of the molecule is NC[C@H]1CC[C@@H](CNC(=O)c2cc3ccc(-c4ccc(F)cc4)cc3[nH]2)C1. The molecule has 27 heavy (non-hydrogen) atoms. The molecule has 2 atom stereocenters. The summed E-state index contributed by atoms with van der Waals surface area (Å²) in [5.74, 6) is 0.797. The van der Waals surface area contributed by atoms with Crippen molar-refractivity contribution in [2.45, 2.75) is 19.3 Å². The summed E-state index contributed by atoms with van der Waals surface area (Å²) in [6.45, 7) is 1.44. The van der Waals surface area contributed by atoms with E-state index in [0.717, 1.165) is 47.8 Å². The number of hydrogen-bond acceptors (Lipinski definition) is 2. The minimum Gasteiger partial charge on any atom is -0.351 e. The lowest BCUT2D eigenvalue weighted by atomic mass is 10.0. The first-order valence-corrected chi connectivity index (χ1v) is 9.49. The zero-order valence-electron chi connectivity index (χ0n) is 15.2. The maximum absolute atomic E-state index is 13.1. The van der Waals surface area contributed by atoms with Crippen LogP contribution in [-0.2, 0) is 0 Å². The number of amides is 1. The van der Waals surface area contributed by atoms with Gasteiger partial charge in [0.05, 0.1) is 0 Å². The summed E-state index contributed by atoms with van der Waals surface area (Å²) in [4.78, 5) is 15.7. The van der Waals surface area contributed by atoms with Gasteiger partial charge in [0.1, 0.15) is 11.5 Å². The first-order valence-electron chi connectivity index (χ1n) is 9.49. The number of H-pyrrole nitrogens is 1. The van der Waals surface area contributed by atoms with E-state index in [4.69, 9.17) is 5.73 Å². The first kappa shape index (κ1) is 17.7. The van der Waals surface area contributed by atoms with Crippen molar-refractivity contribution in [2.75, 3.05) is 13.1 Å². The lowest BCUT2D eigenvalue weighted by molar-refractivity contribution is 0.0943. The molecule has 0 radical (unpaired) electrons. The third-order valence-corrected chi connectivity index (χ3v) is 5.58. The Bertz CT molecular complexity index is 948.